The van der Waals surface area contributed by atoms with Gasteiger partial charge in [-0.25, -0.2) is 4.79 Å². The van der Waals surface area contributed by atoms with E-state index in [0.29, 0.717) is 5.56 Å². The van der Waals surface area contributed by atoms with Crippen LogP contribution >= 0.6 is 0 Å². The Kier molecular flexibility index (Phi) is 4.27. The van der Waals surface area contributed by atoms with Gasteiger partial charge in [0.15, 0.2) is 0 Å². The van der Waals surface area contributed by atoms with E-state index in [-0.39, 0.29) is 12.2 Å². The number of benzene rings is 1. The summed E-state index contributed by atoms with van der Waals surface area (Å²) >= 11 is 0. The molecule has 1 amide bonds. The van der Waals surface area contributed by atoms with Crippen molar-refractivity contribution >= 4 is 17.4 Å². The lowest BCUT2D eigenvalue weighted by atomic mass is 10.1. The summed E-state index contributed by atoms with van der Waals surface area (Å²) in [6.07, 6.45) is 1.08. The fourth-order valence-electron chi connectivity index (χ4n) is 1.23. The normalized spacial score (nSPS) is 10.9. The van der Waals surface area contributed by atoms with Crippen molar-refractivity contribution in [3.8, 4) is 0 Å². The fraction of sp³-hybridized carbons (Fsp3) is 0.167. The quantitative estimate of drug-likeness (QED) is 0.609. The number of esters is 1. The maximum absolute atomic E-state index is 11.6. The smallest absolute Gasteiger partial charge is 0.338 e. The summed E-state index contributed by atoms with van der Waals surface area (Å²) in [5.74, 6) is -1.22. The second-order valence-corrected chi connectivity index (χ2v) is 3.05. The first-order chi connectivity index (χ1) is 7.65. The highest BCUT2D eigenvalue weighted by molar-refractivity contribution is 6.20. The molecule has 0 aliphatic carbocycles. The van der Waals surface area contributed by atoms with Gasteiger partial charge in [-0.2, -0.15) is 0 Å². The van der Waals surface area contributed by atoms with Gasteiger partial charge in [0.25, 0.3) is 0 Å². The summed E-state index contributed by atoms with van der Waals surface area (Å²) in [6, 6.07) is 8.78. The highest BCUT2D eigenvalue weighted by Gasteiger charge is 2.13. The van der Waals surface area contributed by atoms with E-state index >= 15 is 0 Å². The third-order valence-electron chi connectivity index (χ3n) is 1.87. The van der Waals surface area contributed by atoms with Crippen LogP contribution in [0.25, 0.3) is 5.57 Å². The van der Waals surface area contributed by atoms with E-state index < -0.39 is 11.9 Å². The molecule has 4 heteroatoms. The zero-order valence-electron chi connectivity index (χ0n) is 8.97. The summed E-state index contributed by atoms with van der Waals surface area (Å²) in [6.45, 7) is 1.95. The first-order valence-corrected chi connectivity index (χ1v) is 4.88. The van der Waals surface area contributed by atoms with Crippen molar-refractivity contribution in [2.45, 2.75) is 6.92 Å². The summed E-state index contributed by atoms with van der Waals surface area (Å²) in [5, 5.41) is 0. The number of carbonyl (C=O) groups is 2. The number of carbonyl (C=O) groups excluding carboxylic acids is 2. The molecule has 16 heavy (non-hydrogen) atoms. The molecule has 0 aliphatic heterocycles. The van der Waals surface area contributed by atoms with Gasteiger partial charge in [-0.15, -0.1) is 0 Å². The van der Waals surface area contributed by atoms with E-state index in [2.05, 4.69) is 0 Å². The van der Waals surface area contributed by atoms with E-state index in [1.807, 2.05) is 6.07 Å². The van der Waals surface area contributed by atoms with Gasteiger partial charge < -0.3 is 10.5 Å². The van der Waals surface area contributed by atoms with E-state index in [0.717, 1.165) is 6.08 Å². The topological polar surface area (TPSA) is 69.4 Å². The number of ether oxygens (including phenoxy) is 1. The molecule has 0 bridgehead atoms. The Hall–Kier alpha value is -2.10. The van der Waals surface area contributed by atoms with Gasteiger partial charge in [0.2, 0.25) is 5.91 Å². The Balaban J connectivity index is 3.07. The van der Waals surface area contributed by atoms with Crippen LogP contribution in [0, 0.1) is 0 Å². The van der Waals surface area contributed by atoms with Crippen LogP contribution in [0.5, 0.6) is 0 Å². The van der Waals surface area contributed by atoms with Crippen LogP contribution in [-0.4, -0.2) is 18.5 Å². The molecule has 0 atom stereocenters. The molecule has 2 N–H and O–H groups in total. The number of primary amides is 1. The number of hydrogen-bond acceptors (Lipinski definition) is 3. The summed E-state index contributed by atoms with van der Waals surface area (Å²) in [5.41, 5.74) is 5.83. The van der Waals surface area contributed by atoms with Crippen molar-refractivity contribution in [3.05, 3.63) is 42.0 Å². The average molecular weight is 219 g/mol. The molecule has 0 unspecified atom stereocenters. The lowest BCUT2D eigenvalue weighted by Gasteiger charge is -2.06. The molecular formula is C12H13NO3. The minimum atomic E-state index is -0.674. The number of hydrogen-bond donors (Lipinski definition) is 1. The third kappa shape index (κ3) is 3.24. The third-order valence-corrected chi connectivity index (χ3v) is 1.87. The second-order valence-electron chi connectivity index (χ2n) is 3.05. The Labute approximate surface area is 93.7 Å². The van der Waals surface area contributed by atoms with Gasteiger partial charge in [0.05, 0.1) is 12.2 Å². The predicted molar refractivity (Wildman–Crippen MR) is 60.2 cm³/mol. The summed E-state index contributed by atoms with van der Waals surface area (Å²) < 4.78 is 4.84. The van der Waals surface area contributed by atoms with Gasteiger partial charge in [-0.1, -0.05) is 30.3 Å². The maximum atomic E-state index is 11.6. The molecule has 1 rings (SSSR count). The molecule has 1 aromatic carbocycles. The Morgan fingerprint density at radius 1 is 1.31 bits per heavy atom. The van der Waals surface area contributed by atoms with E-state index in [4.69, 9.17) is 10.5 Å². The Morgan fingerprint density at radius 3 is 2.44 bits per heavy atom. The van der Waals surface area contributed by atoms with Crippen LogP contribution in [0.4, 0.5) is 0 Å². The molecule has 0 aliphatic rings. The van der Waals surface area contributed by atoms with Gasteiger partial charge in [-0.3, -0.25) is 4.79 Å². The van der Waals surface area contributed by atoms with Crippen LogP contribution in [0.1, 0.15) is 12.5 Å². The highest BCUT2D eigenvalue weighted by atomic mass is 16.5. The molecular weight excluding hydrogens is 206 g/mol. The second kappa shape index (κ2) is 5.70. The molecule has 84 valence electrons. The van der Waals surface area contributed by atoms with Crippen molar-refractivity contribution in [1.29, 1.82) is 0 Å². The van der Waals surface area contributed by atoms with Crippen molar-refractivity contribution in [2.24, 2.45) is 5.73 Å². The lowest BCUT2D eigenvalue weighted by Crippen LogP contribution is -2.12. The zero-order chi connectivity index (χ0) is 12.0. The number of nitrogens with two attached hydrogens (primary N) is 1. The van der Waals surface area contributed by atoms with Gasteiger partial charge >= 0.3 is 5.97 Å². The highest BCUT2D eigenvalue weighted by Crippen LogP contribution is 2.15. The molecule has 0 saturated carbocycles. The zero-order valence-corrected chi connectivity index (χ0v) is 8.97. The molecule has 0 spiro atoms. The van der Waals surface area contributed by atoms with Crippen LogP contribution < -0.4 is 5.73 Å². The van der Waals surface area contributed by atoms with Crippen molar-refractivity contribution in [2.75, 3.05) is 6.61 Å². The molecule has 0 saturated heterocycles. The van der Waals surface area contributed by atoms with Crippen LogP contribution in [0.2, 0.25) is 0 Å². The molecule has 0 aromatic heterocycles. The van der Waals surface area contributed by atoms with Gasteiger partial charge in [-0.05, 0) is 12.5 Å². The van der Waals surface area contributed by atoms with Crippen LogP contribution in [0.15, 0.2) is 36.4 Å². The van der Waals surface area contributed by atoms with E-state index in [9.17, 15) is 9.59 Å². The first-order valence-electron chi connectivity index (χ1n) is 4.88. The van der Waals surface area contributed by atoms with Crippen molar-refractivity contribution in [3.63, 3.8) is 0 Å². The van der Waals surface area contributed by atoms with E-state index in [1.54, 1.807) is 31.2 Å². The number of rotatable bonds is 4. The minimum Gasteiger partial charge on any atom is -0.462 e. The predicted octanol–water partition coefficient (Wildman–Crippen LogP) is 1.12. The maximum Gasteiger partial charge on any atom is 0.338 e. The van der Waals surface area contributed by atoms with Gasteiger partial charge in [0, 0.05) is 6.08 Å². The lowest BCUT2D eigenvalue weighted by molar-refractivity contribution is -0.136. The SMILES string of the molecule is CCOC(=O)C(=CC(N)=O)c1ccccc1. The molecule has 1 aromatic rings. The fourth-order valence-corrected chi connectivity index (χ4v) is 1.23. The van der Waals surface area contributed by atoms with Crippen LogP contribution in [-0.2, 0) is 14.3 Å². The van der Waals surface area contributed by atoms with Crippen LogP contribution in [0.3, 0.4) is 0 Å². The molecule has 0 heterocycles. The standard InChI is InChI=1S/C12H13NO3/c1-2-16-12(15)10(8-11(13)14)9-6-4-3-5-7-9/h3-8H,2H2,1H3,(H2,13,14). The summed E-state index contributed by atoms with van der Waals surface area (Å²) in [7, 11) is 0. The Bertz CT molecular complexity index is 410. The van der Waals surface area contributed by atoms with Crippen molar-refractivity contribution < 1.29 is 14.3 Å². The van der Waals surface area contributed by atoms with Gasteiger partial charge in [0.1, 0.15) is 0 Å². The minimum absolute atomic E-state index is 0.176. The average Bonchev–Trinajstić information content (AvgIpc) is 2.27. The molecule has 0 radical (unpaired) electrons. The molecule has 4 nitrogen and oxygen atoms in total. The number of amides is 1. The monoisotopic (exact) mass is 219 g/mol. The molecule has 0 fully saturated rings. The van der Waals surface area contributed by atoms with E-state index in [1.165, 1.54) is 0 Å². The first kappa shape index (κ1) is 12.0. The largest absolute Gasteiger partial charge is 0.462 e. The van der Waals surface area contributed by atoms with Crippen molar-refractivity contribution in [1.82, 2.24) is 0 Å². The summed E-state index contributed by atoms with van der Waals surface area (Å²) in [4.78, 5) is 22.4. The Morgan fingerprint density at radius 2 is 1.94 bits per heavy atom.